The Balaban J connectivity index is 1.67. The molecule has 2 rings (SSSR count). The minimum atomic E-state index is -0.454. The molecule has 0 aromatic carbocycles. The van der Waals surface area contributed by atoms with E-state index in [2.05, 4.69) is 6.58 Å². The first-order valence-electron chi connectivity index (χ1n) is 9.19. The molecular formula is C19H31FO3. The molecule has 23 heavy (non-hydrogen) atoms. The molecule has 0 aromatic rings. The Bertz CT molecular complexity index is 380. The molecule has 0 atom stereocenters. The van der Waals surface area contributed by atoms with Gasteiger partial charge in [0.15, 0.2) is 0 Å². The van der Waals surface area contributed by atoms with Crippen LogP contribution in [0.25, 0.3) is 0 Å². The number of esters is 1. The molecule has 0 unspecified atom stereocenters. The van der Waals surface area contributed by atoms with Gasteiger partial charge < -0.3 is 9.84 Å². The molecule has 0 aromatic heterocycles. The van der Waals surface area contributed by atoms with Gasteiger partial charge in [-0.15, -0.1) is 0 Å². The predicted molar refractivity (Wildman–Crippen MR) is 88.7 cm³/mol. The highest BCUT2D eigenvalue weighted by atomic mass is 19.1. The number of rotatable bonds is 7. The van der Waals surface area contributed by atoms with Crippen molar-refractivity contribution >= 4 is 5.97 Å². The Labute approximate surface area is 139 Å². The molecule has 0 aliphatic heterocycles. The van der Waals surface area contributed by atoms with E-state index in [1.807, 2.05) is 0 Å². The molecule has 2 aliphatic rings. The van der Waals surface area contributed by atoms with E-state index in [9.17, 15) is 9.18 Å². The number of carbonyl (C=O) groups excluding carboxylic acids is 1. The Morgan fingerprint density at radius 1 is 1.04 bits per heavy atom. The highest BCUT2D eigenvalue weighted by Crippen LogP contribution is 2.41. The molecule has 0 radical (unpaired) electrons. The summed E-state index contributed by atoms with van der Waals surface area (Å²) in [5.74, 6) is 1.85. The van der Waals surface area contributed by atoms with Crippen molar-refractivity contribution in [3.05, 3.63) is 12.2 Å². The fourth-order valence-corrected chi connectivity index (χ4v) is 4.29. The quantitative estimate of drug-likeness (QED) is 0.563. The number of alkyl halides is 1. The van der Waals surface area contributed by atoms with Gasteiger partial charge in [0.25, 0.3) is 0 Å². The Hall–Kier alpha value is -0.900. The molecule has 1 N–H and O–H groups in total. The van der Waals surface area contributed by atoms with Crippen LogP contribution in [0, 0.1) is 17.8 Å². The van der Waals surface area contributed by atoms with Gasteiger partial charge in [-0.1, -0.05) is 19.4 Å². The number of carbonyl (C=O) groups is 1. The van der Waals surface area contributed by atoms with E-state index < -0.39 is 5.97 Å². The van der Waals surface area contributed by atoms with Crippen molar-refractivity contribution in [3.63, 3.8) is 0 Å². The predicted octanol–water partition coefficient (Wildman–Crippen LogP) is 4.19. The molecule has 4 heteroatoms. The third-order valence-electron chi connectivity index (χ3n) is 5.78. The lowest BCUT2D eigenvalue weighted by molar-refractivity contribution is -0.146. The van der Waals surface area contributed by atoms with Crippen LogP contribution in [-0.4, -0.2) is 30.5 Å². The second-order valence-corrected chi connectivity index (χ2v) is 7.32. The number of aliphatic hydroxyl groups is 1. The fourth-order valence-electron chi connectivity index (χ4n) is 4.29. The summed E-state index contributed by atoms with van der Waals surface area (Å²) in [5.41, 5.74) is 0.138. The van der Waals surface area contributed by atoms with Gasteiger partial charge in [0.1, 0.15) is 6.10 Å². The van der Waals surface area contributed by atoms with Crippen LogP contribution in [0.3, 0.4) is 0 Å². The van der Waals surface area contributed by atoms with Gasteiger partial charge in [-0.2, -0.15) is 0 Å². The maximum atomic E-state index is 12.3. The third kappa shape index (κ3) is 5.59. The van der Waals surface area contributed by atoms with Crippen molar-refractivity contribution in [2.45, 2.75) is 70.3 Å². The van der Waals surface area contributed by atoms with Gasteiger partial charge in [0, 0.05) is 0 Å². The van der Waals surface area contributed by atoms with Crippen LogP contribution in [0.15, 0.2) is 12.2 Å². The smallest absolute Gasteiger partial charge is 0.336 e. The zero-order valence-corrected chi connectivity index (χ0v) is 14.1. The van der Waals surface area contributed by atoms with Crippen molar-refractivity contribution in [3.8, 4) is 0 Å². The largest absolute Gasteiger partial charge is 0.459 e. The average Bonchev–Trinajstić information content (AvgIpc) is 2.60. The van der Waals surface area contributed by atoms with Crippen LogP contribution < -0.4 is 0 Å². The van der Waals surface area contributed by atoms with Gasteiger partial charge in [-0.25, -0.2) is 4.79 Å². The number of ether oxygens (including phenoxy) is 1. The second kappa shape index (κ2) is 9.41. The molecule has 0 bridgehead atoms. The number of hydrogen-bond acceptors (Lipinski definition) is 3. The number of halogens is 1. The van der Waals surface area contributed by atoms with Gasteiger partial charge in [-0.05, 0) is 69.1 Å². The maximum absolute atomic E-state index is 12.3. The molecule has 0 amide bonds. The van der Waals surface area contributed by atoms with E-state index in [4.69, 9.17) is 9.84 Å². The Morgan fingerprint density at radius 3 is 2.13 bits per heavy atom. The minimum absolute atomic E-state index is 0.0112. The highest BCUT2D eigenvalue weighted by molar-refractivity contribution is 5.88. The minimum Gasteiger partial charge on any atom is -0.459 e. The third-order valence-corrected chi connectivity index (χ3v) is 5.78. The van der Waals surface area contributed by atoms with Gasteiger partial charge >= 0.3 is 5.97 Å². The molecule has 0 heterocycles. The summed E-state index contributed by atoms with van der Waals surface area (Å²) in [4.78, 5) is 11.6. The summed E-state index contributed by atoms with van der Waals surface area (Å²) in [6, 6.07) is 0. The lowest BCUT2D eigenvalue weighted by Crippen LogP contribution is -2.30. The lowest BCUT2D eigenvalue weighted by atomic mass is 9.70. The van der Waals surface area contributed by atoms with Gasteiger partial charge in [0.2, 0.25) is 0 Å². The van der Waals surface area contributed by atoms with Crippen LogP contribution in [0.4, 0.5) is 4.39 Å². The highest BCUT2D eigenvalue weighted by Gasteiger charge is 2.31. The van der Waals surface area contributed by atoms with E-state index in [1.54, 1.807) is 0 Å². The van der Waals surface area contributed by atoms with E-state index in [0.29, 0.717) is 0 Å². The molecule has 0 saturated heterocycles. The summed E-state index contributed by atoms with van der Waals surface area (Å²) in [5, 5.41) is 8.90. The maximum Gasteiger partial charge on any atom is 0.336 e. The second-order valence-electron chi connectivity index (χ2n) is 7.32. The molecule has 2 fully saturated rings. The number of aliphatic hydroxyl groups excluding tert-OH is 1. The van der Waals surface area contributed by atoms with E-state index in [1.165, 1.54) is 25.7 Å². The van der Waals surface area contributed by atoms with Crippen molar-refractivity contribution < 1.29 is 19.0 Å². The van der Waals surface area contributed by atoms with Crippen molar-refractivity contribution in [2.75, 3.05) is 13.3 Å². The average molecular weight is 326 g/mol. The zero-order chi connectivity index (χ0) is 16.7. The standard InChI is InChI=1S/C19H31FO3/c1-14(13-21)19(22)23-18-10-8-17(9-11-18)16-6-4-15(5-7-16)3-2-12-20/h15-18,21H,1-13H2. The summed E-state index contributed by atoms with van der Waals surface area (Å²) in [6.07, 6.45) is 11.0. The zero-order valence-electron chi connectivity index (χ0n) is 14.1. The summed E-state index contributed by atoms with van der Waals surface area (Å²) in [6.45, 7) is 3.00. The fraction of sp³-hybridized carbons (Fsp3) is 0.842. The first-order chi connectivity index (χ1) is 11.1. The first-order valence-corrected chi connectivity index (χ1v) is 9.19. The topological polar surface area (TPSA) is 46.5 Å². The van der Waals surface area contributed by atoms with E-state index >= 15 is 0 Å². The van der Waals surface area contributed by atoms with Crippen LogP contribution in [0.2, 0.25) is 0 Å². The Kier molecular flexibility index (Phi) is 7.54. The van der Waals surface area contributed by atoms with Gasteiger partial charge in [-0.3, -0.25) is 4.39 Å². The molecule has 0 spiro atoms. The normalized spacial score (nSPS) is 31.6. The summed E-state index contributed by atoms with van der Waals surface area (Å²) < 4.78 is 17.7. The van der Waals surface area contributed by atoms with Crippen LogP contribution >= 0.6 is 0 Å². The summed E-state index contributed by atoms with van der Waals surface area (Å²) in [7, 11) is 0. The summed E-state index contributed by atoms with van der Waals surface area (Å²) >= 11 is 0. The molecule has 3 nitrogen and oxygen atoms in total. The van der Waals surface area contributed by atoms with Gasteiger partial charge in [0.05, 0.1) is 18.9 Å². The lowest BCUT2D eigenvalue weighted by Gasteiger charge is -2.37. The molecule has 2 aliphatic carbocycles. The molecule has 132 valence electrons. The Morgan fingerprint density at radius 2 is 1.61 bits per heavy atom. The first kappa shape index (κ1) is 18.4. The van der Waals surface area contributed by atoms with Crippen LogP contribution in [-0.2, 0) is 9.53 Å². The van der Waals surface area contributed by atoms with Crippen molar-refractivity contribution in [2.24, 2.45) is 17.8 Å². The van der Waals surface area contributed by atoms with Crippen molar-refractivity contribution in [1.82, 2.24) is 0 Å². The van der Waals surface area contributed by atoms with Crippen LogP contribution in [0.1, 0.15) is 64.2 Å². The van der Waals surface area contributed by atoms with Crippen LogP contribution in [0.5, 0.6) is 0 Å². The molecule has 2 saturated carbocycles. The van der Waals surface area contributed by atoms with E-state index in [-0.39, 0.29) is 25.0 Å². The van der Waals surface area contributed by atoms with E-state index in [0.717, 1.165) is 56.3 Å². The monoisotopic (exact) mass is 326 g/mol. The van der Waals surface area contributed by atoms with Crippen molar-refractivity contribution in [1.29, 1.82) is 0 Å². The molecular weight excluding hydrogens is 295 g/mol. The number of hydrogen-bond donors (Lipinski definition) is 1. The SMILES string of the molecule is C=C(CO)C(=O)OC1CCC(C2CCC(CCCF)CC2)CC1.